The number of nitrogens with one attached hydrogen (secondary N) is 1. The van der Waals surface area contributed by atoms with Gasteiger partial charge in [-0.2, -0.15) is 0 Å². The van der Waals surface area contributed by atoms with E-state index in [1.54, 1.807) is 12.3 Å². The molecule has 0 spiro atoms. The monoisotopic (exact) mass is 345 g/mol. The lowest BCUT2D eigenvalue weighted by Crippen LogP contribution is -2.24. The summed E-state index contributed by atoms with van der Waals surface area (Å²) >= 11 is 0. The highest BCUT2D eigenvalue weighted by Gasteiger charge is 2.19. The summed E-state index contributed by atoms with van der Waals surface area (Å²) in [6.07, 6.45) is 3.68. The minimum Gasteiger partial charge on any atom is -0.494 e. The number of nitrogens with zero attached hydrogens (tertiary/aromatic N) is 2. The van der Waals surface area contributed by atoms with Crippen molar-refractivity contribution in [3.63, 3.8) is 0 Å². The molecule has 6 nitrogen and oxygen atoms in total. The summed E-state index contributed by atoms with van der Waals surface area (Å²) in [4.78, 5) is 21.0. The maximum absolute atomic E-state index is 13.7. The third-order valence-electron chi connectivity index (χ3n) is 4.10. The first-order valence-corrected chi connectivity index (χ1v) is 8.18. The van der Waals surface area contributed by atoms with Gasteiger partial charge >= 0.3 is 0 Å². The second-order valence-corrected chi connectivity index (χ2v) is 5.85. The van der Waals surface area contributed by atoms with E-state index in [1.807, 2.05) is 0 Å². The van der Waals surface area contributed by atoms with Crippen molar-refractivity contribution >= 4 is 5.91 Å². The van der Waals surface area contributed by atoms with Crippen LogP contribution < -0.4 is 10.1 Å². The van der Waals surface area contributed by atoms with Crippen molar-refractivity contribution in [3.05, 3.63) is 53.4 Å². The fourth-order valence-electron chi connectivity index (χ4n) is 2.73. The Morgan fingerprint density at radius 2 is 2.32 bits per heavy atom. The number of halogens is 1. The number of carbonyl (C=O) groups is 1. The first kappa shape index (κ1) is 17.3. The Morgan fingerprint density at radius 3 is 3.04 bits per heavy atom. The average molecular weight is 345 g/mol. The highest BCUT2D eigenvalue weighted by atomic mass is 19.1. The molecule has 0 radical (unpaired) electrons. The van der Waals surface area contributed by atoms with Crippen LogP contribution in [0.5, 0.6) is 5.75 Å². The minimum absolute atomic E-state index is 0.103. The number of rotatable bonds is 5. The molecule has 7 heteroatoms. The fraction of sp³-hybridized carbons (Fsp3) is 0.389. The van der Waals surface area contributed by atoms with Gasteiger partial charge in [0.05, 0.1) is 26.0 Å². The average Bonchev–Trinajstić information content (AvgIpc) is 2.67. The first-order valence-electron chi connectivity index (χ1n) is 8.18. The van der Waals surface area contributed by atoms with Gasteiger partial charge in [-0.25, -0.2) is 14.4 Å². The van der Waals surface area contributed by atoms with E-state index < -0.39 is 5.82 Å². The molecule has 3 rings (SSSR count). The van der Waals surface area contributed by atoms with E-state index in [2.05, 4.69) is 15.3 Å². The summed E-state index contributed by atoms with van der Waals surface area (Å²) in [5.41, 5.74) is 0.936. The molecule has 1 saturated heterocycles. The molecule has 1 aromatic carbocycles. The molecule has 1 atom stereocenters. The zero-order valence-corrected chi connectivity index (χ0v) is 14.0. The third kappa shape index (κ3) is 4.30. The van der Waals surface area contributed by atoms with Crippen molar-refractivity contribution < 1.29 is 18.7 Å². The number of carbonyl (C=O) groups excluding carboxylic acids is 1. The van der Waals surface area contributed by atoms with Crippen LogP contribution in [-0.4, -0.2) is 36.2 Å². The molecule has 132 valence electrons. The Labute approximate surface area is 145 Å². The molecule has 0 saturated carbocycles. The van der Waals surface area contributed by atoms with E-state index in [1.165, 1.54) is 19.2 Å². The van der Waals surface area contributed by atoms with Gasteiger partial charge in [0.1, 0.15) is 5.82 Å². The van der Waals surface area contributed by atoms with E-state index in [0.717, 1.165) is 31.3 Å². The summed E-state index contributed by atoms with van der Waals surface area (Å²) in [5.74, 6) is 0.0909. The molecular formula is C18H20FN3O3. The fourth-order valence-corrected chi connectivity index (χ4v) is 2.73. The van der Waals surface area contributed by atoms with Gasteiger partial charge in [0.25, 0.3) is 5.91 Å². The molecule has 1 aliphatic heterocycles. The molecule has 0 unspecified atom stereocenters. The molecular weight excluding hydrogens is 325 g/mol. The second kappa shape index (κ2) is 8.02. The van der Waals surface area contributed by atoms with E-state index in [-0.39, 0.29) is 29.7 Å². The van der Waals surface area contributed by atoms with Gasteiger partial charge < -0.3 is 14.8 Å². The highest BCUT2D eigenvalue weighted by Crippen LogP contribution is 2.22. The van der Waals surface area contributed by atoms with Crippen LogP contribution in [0, 0.1) is 5.82 Å². The smallest absolute Gasteiger partial charge is 0.251 e. The van der Waals surface area contributed by atoms with E-state index in [9.17, 15) is 9.18 Å². The maximum Gasteiger partial charge on any atom is 0.251 e. The predicted molar refractivity (Wildman–Crippen MR) is 88.9 cm³/mol. The lowest BCUT2D eigenvalue weighted by molar-refractivity contribution is 0.0779. The number of aromatic nitrogens is 2. The summed E-state index contributed by atoms with van der Waals surface area (Å²) in [6, 6.07) is 5.85. The van der Waals surface area contributed by atoms with Crippen molar-refractivity contribution in [2.45, 2.75) is 25.3 Å². The first-order chi connectivity index (χ1) is 12.2. The number of hydrogen-bond donors (Lipinski definition) is 1. The van der Waals surface area contributed by atoms with E-state index >= 15 is 0 Å². The van der Waals surface area contributed by atoms with Crippen LogP contribution >= 0.6 is 0 Å². The quantitative estimate of drug-likeness (QED) is 0.901. The van der Waals surface area contributed by atoms with Gasteiger partial charge in [-0.1, -0.05) is 0 Å². The molecule has 1 aromatic heterocycles. The van der Waals surface area contributed by atoms with Crippen molar-refractivity contribution in [2.75, 3.05) is 20.3 Å². The van der Waals surface area contributed by atoms with Crippen LogP contribution in [0.15, 0.2) is 30.5 Å². The summed E-state index contributed by atoms with van der Waals surface area (Å²) < 4.78 is 24.0. The molecule has 0 bridgehead atoms. The second-order valence-electron chi connectivity index (χ2n) is 5.85. The van der Waals surface area contributed by atoms with Crippen LogP contribution in [0.4, 0.5) is 4.39 Å². The minimum atomic E-state index is -0.572. The lowest BCUT2D eigenvalue weighted by atomic mass is 10.0. The molecule has 2 aromatic rings. The van der Waals surface area contributed by atoms with Crippen LogP contribution in [-0.2, 0) is 11.3 Å². The van der Waals surface area contributed by atoms with E-state index in [4.69, 9.17) is 9.47 Å². The number of amides is 1. The van der Waals surface area contributed by atoms with E-state index in [0.29, 0.717) is 12.3 Å². The van der Waals surface area contributed by atoms with Crippen molar-refractivity contribution in [3.8, 4) is 5.75 Å². The number of benzene rings is 1. The summed E-state index contributed by atoms with van der Waals surface area (Å²) in [5, 5.41) is 2.74. The Balaban J connectivity index is 1.63. The topological polar surface area (TPSA) is 73.3 Å². The Kier molecular flexibility index (Phi) is 5.55. The van der Waals surface area contributed by atoms with Crippen LogP contribution in [0.1, 0.15) is 40.6 Å². The number of ether oxygens (including phenoxy) is 2. The Hall–Kier alpha value is -2.54. The zero-order chi connectivity index (χ0) is 17.6. The van der Waals surface area contributed by atoms with Gasteiger partial charge in [-0.05, 0) is 37.1 Å². The van der Waals surface area contributed by atoms with Gasteiger partial charge in [-0.15, -0.1) is 0 Å². The molecule has 1 N–H and O–H groups in total. The van der Waals surface area contributed by atoms with Crippen LogP contribution in [0.2, 0.25) is 0 Å². The standard InChI is InChI=1S/C18H20FN3O3/c1-24-16-5-4-12(9-15(16)19)18(23)21-10-14-6-7-20-17(22-14)13-3-2-8-25-11-13/h4-7,9,13H,2-3,8,10-11H2,1H3,(H,21,23)/t13-/m0/s1. The SMILES string of the molecule is COc1ccc(C(=O)NCc2ccnc([C@H]3CCCOC3)n2)cc1F. The largest absolute Gasteiger partial charge is 0.494 e. The molecule has 25 heavy (non-hydrogen) atoms. The van der Waals surface area contributed by atoms with Gasteiger partial charge in [0.2, 0.25) is 0 Å². The maximum atomic E-state index is 13.7. The summed E-state index contributed by atoms with van der Waals surface area (Å²) in [7, 11) is 1.38. The van der Waals surface area contributed by atoms with Gasteiger partial charge in [-0.3, -0.25) is 4.79 Å². The van der Waals surface area contributed by atoms with Crippen molar-refractivity contribution in [2.24, 2.45) is 0 Å². The zero-order valence-electron chi connectivity index (χ0n) is 14.0. The number of hydrogen-bond acceptors (Lipinski definition) is 5. The highest BCUT2D eigenvalue weighted by molar-refractivity contribution is 5.94. The van der Waals surface area contributed by atoms with Gasteiger partial charge in [0, 0.05) is 24.3 Å². The van der Waals surface area contributed by atoms with Crippen LogP contribution in [0.25, 0.3) is 0 Å². The lowest BCUT2D eigenvalue weighted by Gasteiger charge is -2.20. The number of methoxy groups -OCH3 is 1. The third-order valence-corrected chi connectivity index (χ3v) is 4.10. The van der Waals surface area contributed by atoms with Gasteiger partial charge in [0.15, 0.2) is 11.6 Å². The molecule has 1 amide bonds. The normalized spacial score (nSPS) is 17.1. The molecule has 0 aliphatic carbocycles. The Morgan fingerprint density at radius 1 is 1.44 bits per heavy atom. The summed E-state index contributed by atoms with van der Waals surface area (Å²) in [6.45, 7) is 1.65. The Bertz CT molecular complexity index is 748. The predicted octanol–water partition coefficient (Wildman–Crippen LogP) is 2.45. The molecule has 1 aliphatic rings. The van der Waals surface area contributed by atoms with Crippen molar-refractivity contribution in [1.29, 1.82) is 0 Å². The van der Waals surface area contributed by atoms with Crippen LogP contribution in [0.3, 0.4) is 0 Å². The molecule has 2 heterocycles. The molecule has 1 fully saturated rings. The van der Waals surface area contributed by atoms with Crippen molar-refractivity contribution in [1.82, 2.24) is 15.3 Å².